The maximum Gasteiger partial charge on any atom is 0.341 e. The van der Waals surface area contributed by atoms with Crippen LogP contribution in [0, 0.1) is 6.92 Å². The number of aromatic hydroxyl groups is 2. The Hall–Kier alpha value is -1.75. The number of aldehydes is 1. The summed E-state index contributed by atoms with van der Waals surface area (Å²) in [6.45, 7) is 1.42. The summed E-state index contributed by atoms with van der Waals surface area (Å²) >= 11 is 5.71. The van der Waals surface area contributed by atoms with Gasteiger partial charge in [-0.05, 0) is 12.5 Å². The summed E-state index contributed by atoms with van der Waals surface area (Å²) in [5.41, 5.74) is -0.516. The molecule has 0 aliphatic heterocycles. The highest BCUT2D eigenvalue weighted by atomic mass is 35.5. The van der Waals surface area contributed by atoms with Gasteiger partial charge in [0.25, 0.3) is 0 Å². The fraction of sp³-hybridized carbons (Fsp3) is 0.200. The van der Waals surface area contributed by atoms with E-state index in [2.05, 4.69) is 4.74 Å². The fourth-order valence-electron chi connectivity index (χ4n) is 1.29. The quantitative estimate of drug-likeness (QED) is 0.611. The topological polar surface area (TPSA) is 83.8 Å². The predicted molar refractivity (Wildman–Crippen MR) is 56.2 cm³/mol. The summed E-state index contributed by atoms with van der Waals surface area (Å²) < 4.78 is 4.44. The Morgan fingerprint density at radius 1 is 1.38 bits per heavy atom. The number of hydrogen-bond donors (Lipinski definition) is 2. The number of hydrogen-bond acceptors (Lipinski definition) is 5. The average Bonchev–Trinajstić information content (AvgIpc) is 2.27. The van der Waals surface area contributed by atoms with E-state index in [1.807, 2.05) is 0 Å². The number of phenols is 2. The minimum Gasteiger partial charge on any atom is -0.506 e. The van der Waals surface area contributed by atoms with Crippen molar-refractivity contribution < 1.29 is 24.5 Å². The van der Waals surface area contributed by atoms with Crippen LogP contribution in [0.3, 0.4) is 0 Å². The van der Waals surface area contributed by atoms with E-state index in [4.69, 9.17) is 11.6 Å². The molecule has 0 heterocycles. The summed E-state index contributed by atoms with van der Waals surface area (Å²) in [6, 6.07) is 0. The number of benzene rings is 1. The van der Waals surface area contributed by atoms with Crippen molar-refractivity contribution in [3.63, 3.8) is 0 Å². The van der Waals surface area contributed by atoms with Crippen LogP contribution < -0.4 is 0 Å². The van der Waals surface area contributed by atoms with Crippen molar-refractivity contribution in [2.45, 2.75) is 6.92 Å². The summed E-state index contributed by atoms with van der Waals surface area (Å²) in [5.74, 6) is -2.03. The molecule has 0 saturated heterocycles. The Morgan fingerprint density at radius 3 is 2.38 bits per heavy atom. The van der Waals surface area contributed by atoms with Crippen LogP contribution in [0.2, 0.25) is 5.02 Å². The van der Waals surface area contributed by atoms with Gasteiger partial charge < -0.3 is 14.9 Å². The van der Waals surface area contributed by atoms with Crippen LogP contribution in [-0.4, -0.2) is 29.6 Å². The zero-order valence-corrected chi connectivity index (χ0v) is 9.33. The number of esters is 1. The minimum absolute atomic E-state index is 0.147. The van der Waals surface area contributed by atoms with Crippen LogP contribution in [0.5, 0.6) is 11.5 Å². The first-order valence-electron chi connectivity index (χ1n) is 4.23. The number of methoxy groups -OCH3 is 1. The van der Waals surface area contributed by atoms with Gasteiger partial charge in [0.05, 0.1) is 12.1 Å². The van der Waals surface area contributed by atoms with Gasteiger partial charge in [0.2, 0.25) is 0 Å². The van der Waals surface area contributed by atoms with Crippen molar-refractivity contribution in [1.29, 1.82) is 0 Å². The third-order valence-corrected chi connectivity index (χ3v) is 2.63. The van der Waals surface area contributed by atoms with Gasteiger partial charge in [-0.15, -0.1) is 0 Å². The Labute approximate surface area is 96.2 Å². The van der Waals surface area contributed by atoms with Crippen molar-refractivity contribution in [3.05, 3.63) is 21.7 Å². The number of rotatable bonds is 2. The lowest BCUT2D eigenvalue weighted by molar-refractivity contribution is 0.0596. The summed E-state index contributed by atoms with van der Waals surface area (Å²) in [4.78, 5) is 22.0. The Morgan fingerprint density at radius 2 is 1.94 bits per heavy atom. The first kappa shape index (κ1) is 12.3. The maximum atomic E-state index is 11.3. The van der Waals surface area contributed by atoms with Crippen molar-refractivity contribution in [3.8, 4) is 11.5 Å². The SMILES string of the molecule is COC(=O)c1c(C)c(Cl)c(O)c(C=O)c1O. The molecule has 86 valence electrons. The van der Waals surface area contributed by atoms with Crippen LogP contribution in [0.1, 0.15) is 26.3 Å². The van der Waals surface area contributed by atoms with Gasteiger partial charge in [-0.2, -0.15) is 0 Å². The number of halogens is 1. The molecular formula is C10H9ClO5. The number of carbonyl (C=O) groups excluding carboxylic acids is 2. The van der Waals surface area contributed by atoms with E-state index in [-0.39, 0.29) is 22.4 Å². The first-order chi connectivity index (χ1) is 7.45. The van der Waals surface area contributed by atoms with Crippen LogP contribution >= 0.6 is 11.6 Å². The van der Waals surface area contributed by atoms with Gasteiger partial charge in [-0.1, -0.05) is 11.6 Å². The van der Waals surface area contributed by atoms with Crippen LogP contribution in [0.25, 0.3) is 0 Å². The average molecular weight is 245 g/mol. The van der Waals surface area contributed by atoms with Gasteiger partial charge in [-0.3, -0.25) is 4.79 Å². The second kappa shape index (κ2) is 4.40. The van der Waals surface area contributed by atoms with E-state index in [0.29, 0.717) is 0 Å². The van der Waals surface area contributed by atoms with Crippen molar-refractivity contribution >= 4 is 23.9 Å². The molecular weight excluding hydrogens is 236 g/mol. The van der Waals surface area contributed by atoms with Gasteiger partial charge in [-0.25, -0.2) is 4.79 Å². The molecule has 2 N–H and O–H groups in total. The van der Waals surface area contributed by atoms with Gasteiger partial charge >= 0.3 is 5.97 Å². The molecule has 0 aliphatic carbocycles. The van der Waals surface area contributed by atoms with E-state index in [1.54, 1.807) is 0 Å². The van der Waals surface area contributed by atoms with E-state index < -0.39 is 23.0 Å². The lowest BCUT2D eigenvalue weighted by atomic mass is 10.0. The summed E-state index contributed by atoms with van der Waals surface area (Å²) in [7, 11) is 1.13. The molecule has 1 aromatic carbocycles. The molecule has 0 unspecified atom stereocenters. The summed E-state index contributed by atoms with van der Waals surface area (Å²) in [5, 5.41) is 18.9. The molecule has 6 heteroatoms. The molecule has 5 nitrogen and oxygen atoms in total. The van der Waals surface area contributed by atoms with Gasteiger partial charge in [0, 0.05) is 0 Å². The molecule has 0 radical (unpaired) electrons. The standard InChI is InChI=1S/C10H9ClO5/c1-4-6(10(15)16-2)8(13)5(3-12)9(14)7(4)11/h3,13-14H,1-2H3. The van der Waals surface area contributed by atoms with E-state index in [9.17, 15) is 19.8 Å². The molecule has 0 amide bonds. The van der Waals surface area contributed by atoms with Crippen LogP contribution in [0.4, 0.5) is 0 Å². The Kier molecular flexibility index (Phi) is 3.39. The molecule has 0 spiro atoms. The Bertz CT molecular complexity index is 467. The third kappa shape index (κ3) is 1.69. The van der Waals surface area contributed by atoms with Gasteiger partial charge in [0.15, 0.2) is 6.29 Å². The lowest BCUT2D eigenvalue weighted by Gasteiger charge is -2.12. The van der Waals surface area contributed by atoms with Crippen molar-refractivity contribution in [1.82, 2.24) is 0 Å². The zero-order valence-electron chi connectivity index (χ0n) is 8.57. The molecule has 0 aromatic heterocycles. The zero-order chi connectivity index (χ0) is 12.5. The molecule has 0 saturated carbocycles. The second-order valence-electron chi connectivity index (χ2n) is 3.03. The smallest absolute Gasteiger partial charge is 0.341 e. The number of ether oxygens (including phenoxy) is 1. The molecule has 16 heavy (non-hydrogen) atoms. The number of phenolic OH excluding ortho intramolecular Hbond substituents is 2. The molecule has 0 atom stereocenters. The van der Waals surface area contributed by atoms with E-state index in [0.717, 1.165) is 7.11 Å². The monoisotopic (exact) mass is 244 g/mol. The second-order valence-corrected chi connectivity index (χ2v) is 3.41. The third-order valence-electron chi connectivity index (χ3n) is 2.17. The molecule has 0 aliphatic rings. The molecule has 0 fully saturated rings. The maximum absolute atomic E-state index is 11.3. The molecule has 1 aromatic rings. The fourth-order valence-corrected chi connectivity index (χ4v) is 1.49. The normalized spacial score (nSPS) is 9.94. The molecule has 1 rings (SSSR count). The Balaban J connectivity index is 3.68. The van der Waals surface area contributed by atoms with Crippen molar-refractivity contribution in [2.75, 3.05) is 7.11 Å². The largest absolute Gasteiger partial charge is 0.506 e. The lowest BCUT2D eigenvalue weighted by Crippen LogP contribution is -2.06. The molecule has 0 bridgehead atoms. The number of carbonyl (C=O) groups is 2. The van der Waals surface area contributed by atoms with Crippen molar-refractivity contribution in [2.24, 2.45) is 0 Å². The minimum atomic E-state index is -0.833. The van der Waals surface area contributed by atoms with Crippen LogP contribution in [0.15, 0.2) is 0 Å². The van der Waals surface area contributed by atoms with Crippen LogP contribution in [-0.2, 0) is 4.74 Å². The highest BCUT2D eigenvalue weighted by molar-refractivity contribution is 6.34. The predicted octanol–water partition coefficient (Wildman–Crippen LogP) is 1.66. The van der Waals surface area contributed by atoms with Gasteiger partial charge in [0.1, 0.15) is 22.6 Å². The van der Waals surface area contributed by atoms with E-state index >= 15 is 0 Å². The summed E-state index contributed by atoms with van der Waals surface area (Å²) in [6.07, 6.45) is 0.211. The highest BCUT2D eigenvalue weighted by Gasteiger charge is 2.24. The first-order valence-corrected chi connectivity index (χ1v) is 4.61. The van der Waals surface area contributed by atoms with E-state index in [1.165, 1.54) is 6.92 Å². The highest BCUT2D eigenvalue weighted by Crippen LogP contribution is 2.39.